The molecule has 1 heterocycles. The topological polar surface area (TPSA) is 67.2 Å². The largest absolute Gasteiger partial charge is 0.506 e. The summed E-state index contributed by atoms with van der Waals surface area (Å²) in [6.45, 7) is 0. The van der Waals surface area contributed by atoms with E-state index in [4.69, 9.17) is 0 Å². The molecule has 1 aliphatic rings. The molecule has 0 saturated heterocycles. The minimum atomic E-state index is -0.356. The first-order valence-electron chi connectivity index (χ1n) is 8.59. The van der Waals surface area contributed by atoms with Gasteiger partial charge in [0.1, 0.15) is 11.6 Å². The molecule has 5 nitrogen and oxygen atoms in total. The molecule has 3 aromatic rings. The van der Waals surface area contributed by atoms with Crippen LogP contribution in [0, 0.1) is 5.82 Å². The first-order chi connectivity index (χ1) is 12.6. The van der Waals surface area contributed by atoms with Crippen LogP contribution in [0.1, 0.15) is 34.6 Å². The van der Waals surface area contributed by atoms with Gasteiger partial charge in [-0.15, -0.1) is 0 Å². The van der Waals surface area contributed by atoms with E-state index in [0.29, 0.717) is 11.4 Å². The van der Waals surface area contributed by atoms with Crippen molar-refractivity contribution < 1.29 is 14.3 Å². The number of nitrogens with zero attached hydrogens (tertiary/aromatic N) is 2. The summed E-state index contributed by atoms with van der Waals surface area (Å²) < 4.78 is 15.0. The van der Waals surface area contributed by atoms with E-state index >= 15 is 0 Å². The minimum Gasteiger partial charge on any atom is -0.506 e. The molecule has 0 atom stereocenters. The van der Waals surface area contributed by atoms with E-state index in [0.717, 1.165) is 42.6 Å². The number of fused-ring (bicyclic) bond motifs is 1. The summed E-state index contributed by atoms with van der Waals surface area (Å²) in [5, 5.41) is 17.1. The Morgan fingerprint density at radius 2 is 1.81 bits per heavy atom. The standard InChI is InChI=1S/C20H18FN3O2/c21-13-9-11-14(12-10-13)24-17-7-3-1-5-15(17)19(23-24)20(26)22-16-6-2-4-8-18(16)25/h2,4,6,8-12,25H,1,3,5,7H2,(H,22,26). The Labute approximate surface area is 150 Å². The summed E-state index contributed by atoms with van der Waals surface area (Å²) in [5.74, 6) is -0.662. The lowest BCUT2D eigenvalue weighted by Gasteiger charge is -2.14. The Balaban J connectivity index is 1.73. The summed E-state index contributed by atoms with van der Waals surface area (Å²) in [6.07, 6.45) is 3.63. The Bertz CT molecular complexity index is 964. The molecule has 1 amide bonds. The molecule has 2 aromatic carbocycles. The molecule has 4 rings (SSSR count). The second-order valence-corrected chi connectivity index (χ2v) is 6.34. The minimum absolute atomic E-state index is 0.00712. The van der Waals surface area contributed by atoms with Crippen LogP contribution >= 0.6 is 0 Å². The van der Waals surface area contributed by atoms with Gasteiger partial charge in [-0.3, -0.25) is 4.79 Å². The quantitative estimate of drug-likeness (QED) is 0.705. The number of anilines is 1. The van der Waals surface area contributed by atoms with Crippen molar-refractivity contribution in [2.45, 2.75) is 25.7 Å². The van der Waals surface area contributed by atoms with Crippen molar-refractivity contribution in [1.29, 1.82) is 0 Å². The molecule has 0 fully saturated rings. The van der Waals surface area contributed by atoms with Gasteiger partial charge in [-0.1, -0.05) is 12.1 Å². The molecule has 0 radical (unpaired) electrons. The van der Waals surface area contributed by atoms with Gasteiger partial charge < -0.3 is 10.4 Å². The molecule has 1 aliphatic carbocycles. The maximum atomic E-state index is 13.2. The predicted octanol–water partition coefficient (Wildman–Crippen LogP) is 3.85. The summed E-state index contributed by atoms with van der Waals surface area (Å²) in [5.41, 5.74) is 3.34. The molecular weight excluding hydrogens is 333 g/mol. The zero-order chi connectivity index (χ0) is 18.1. The third-order valence-electron chi connectivity index (χ3n) is 4.62. The van der Waals surface area contributed by atoms with Gasteiger partial charge in [-0.25, -0.2) is 9.07 Å². The molecule has 6 heteroatoms. The summed E-state index contributed by atoms with van der Waals surface area (Å²) in [7, 11) is 0. The van der Waals surface area contributed by atoms with Crippen LogP contribution in [0.5, 0.6) is 5.75 Å². The van der Waals surface area contributed by atoms with Crippen LogP contribution in [-0.2, 0) is 12.8 Å². The van der Waals surface area contributed by atoms with Crippen molar-refractivity contribution >= 4 is 11.6 Å². The third kappa shape index (κ3) is 2.94. The fourth-order valence-corrected chi connectivity index (χ4v) is 3.34. The highest BCUT2D eigenvalue weighted by molar-refractivity contribution is 6.04. The Morgan fingerprint density at radius 3 is 2.58 bits per heavy atom. The highest BCUT2D eigenvalue weighted by Gasteiger charge is 2.26. The van der Waals surface area contributed by atoms with Crippen LogP contribution in [0.4, 0.5) is 10.1 Å². The lowest BCUT2D eigenvalue weighted by Crippen LogP contribution is -2.15. The van der Waals surface area contributed by atoms with Gasteiger partial charge in [-0.2, -0.15) is 5.10 Å². The van der Waals surface area contributed by atoms with Gasteiger partial charge in [0.15, 0.2) is 5.69 Å². The second-order valence-electron chi connectivity index (χ2n) is 6.34. The van der Waals surface area contributed by atoms with Gasteiger partial charge in [0.05, 0.1) is 11.4 Å². The van der Waals surface area contributed by atoms with Gasteiger partial charge in [0, 0.05) is 11.3 Å². The summed E-state index contributed by atoms with van der Waals surface area (Å²) >= 11 is 0. The van der Waals surface area contributed by atoms with Crippen molar-refractivity contribution in [3.05, 3.63) is 71.3 Å². The van der Waals surface area contributed by atoms with Crippen LogP contribution in [-0.4, -0.2) is 20.8 Å². The van der Waals surface area contributed by atoms with Gasteiger partial charge >= 0.3 is 0 Å². The van der Waals surface area contributed by atoms with Crippen molar-refractivity contribution in [1.82, 2.24) is 9.78 Å². The highest BCUT2D eigenvalue weighted by atomic mass is 19.1. The van der Waals surface area contributed by atoms with Crippen molar-refractivity contribution in [2.75, 3.05) is 5.32 Å². The van der Waals surface area contributed by atoms with E-state index in [-0.39, 0.29) is 17.5 Å². The maximum absolute atomic E-state index is 13.2. The number of halogens is 1. The van der Waals surface area contributed by atoms with Gasteiger partial charge in [0.25, 0.3) is 5.91 Å². The fraction of sp³-hybridized carbons (Fsp3) is 0.200. The molecular formula is C20H18FN3O2. The van der Waals surface area contributed by atoms with E-state index in [1.165, 1.54) is 18.2 Å². The molecule has 26 heavy (non-hydrogen) atoms. The number of para-hydroxylation sites is 2. The number of carbonyl (C=O) groups excluding carboxylic acids is 1. The number of nitrogens with one attached hydrogen (secondary N) is 1. The second kappa shape index (κ2) is 6.63. The average molecular weight is 351 g/mol. The van der Waals surface area contributed by atoms with Crippen molar-refractivity contribution in [3.8, 4) is 11.4 Å². The summed E-state index contributed by atoms with van der Waals surface area (Å²) in [6, 6.07) is 12.7. The monoisotopic (exact) mass is 351 g/mol. The first kappa shape index (κ1) is 16.3. The van der Waals surface area contributed by atoms with Crippen LogP contribution < -0.4 is 5.32 Å². The van der Waals surface area contributed by atoms with Crippen LogP contribution in [0.15, 0.2) is 48.5 Å². The Kier molecular flexibility index (Phi) is 4.16. The van der Waals surface area contributed by atoms with E-state index in [2.05, 4.69) is 10.4 Å². The number of amides is 1. The lowest BCUT2D eigenvalue weighted by atomic mass is 9.95. The number of carbonyl (C=O) groups is 1. The van der Waals surface area contributed by atoms with E-state index in [9.17, 15) is 14.3 Å². The average Bonchev–Trinajstić information content (AvgIpc) is 3.04. The third-order valence-corrected chi connectivity index (χ3v) is 4.62. The molecule has 0 spiro atoms. The molecule has 0 saturated carbocycles. The first-order valence-corrected chi connectivity index (χ1v) is 8.59. The number of phenols is 1. The van der Waals surface area contributed by atoms with Gasteiger partial charge in [0.2, 0.25) is 0 Å². The number of hydrogen-bond donors (Lipinski definition) is 2. The van der Waals surface area contributed by atoms with E-state index < -0.39 is 0 Å². The molecule has 2 N–H and O–H groups in total. The molecule has 0 unspecified atom stereocenters. The number of benzene rings is 2. The Morgan fingerprint density at radius 1 is 1.08 bits per heavy atom. The zero-order valence-electron chi connectivity index (χ0n) is 14.1. The number of aromatic nitrogens is 2. The Hall–Kier alpha value is -3.15. The summed E-state index contributed by atoms with van der Waals surface area (Å²) in [4.78, 5) is 12.8. The predicted molar refractivity (Wildman–Crippen MR) is 96.2 cm³/mol. The molecule has 0 bridgehead atoms. The number of aromatic hydroxyl groups is 1. The van der Waals surface area contributed by atoms with Crippen LogP contribution in [0.25, 0.3) is 5.69 Å². The van der Waals surface area contributed by atoms with E-state index in [1.54, 1.807) is 35.0 Å². The molecule has 0 aliphatic heterocycles. The molecule has 1 aromatic heterocycles. The maximum Gasteiger partial charge on any atom is 0.276 e. The van der Waals surface area contributed by atoms with Crippen molar-refractivity contribution in [3.63, 3.8) is 0 Å². The number of hydrogen-bond acceptors (Lipinski definition) is 3. The highest BCUT2D eigenvalue weighted by Crippen LogP contribution is 2.28. The van der Waals surface area contributed by atoms with Crippen LogP contribution in [0.2, 0.25) is 0 Å². The van der Waals surface area contributed by atoms with Crippen LogP contribution in [0.3, 0.4) is 0 Å². The van der Waals surface area contributed by atoms with E-state index in [1.807, 2.05) is 0 Å². The SMILES string of the molecule is O=C(Nc1ccccc1O)c1nn(-c2ccc(F)cc2)c2c1CCCC2. The smallest absolute Gasteiger partial charge is 0.276 e. The van der Waals surface area contributed by atoms with Gasteiger partial charge in [-0.05, 0) is 62.1 Å². The van der Waals surface area contributed by atoms with Crippen molar-refractivity contribution in [2.24, 2.45) is 0 Å². The zero-order valence-corrected chi connectivity index (χ0v) is 14.1. The normalized spacial score (nSPS) is 13.3. The molecule has 132 valence electrons. The lowest BCUT2D eigenvalue weighted by molar-refractivity contribution is 0.102. The number of phenolic OH excluding ortho intramolecular Hbond substituents is 1. The number of rotatable bonds is 3. The fourth-order valence-electron chi connectivity index (χ4n) is 3.34.